The number of benzene rings is 1. The molecular formula is C27H28FN7O. The van der Waals surface area contributed by atoms with Crippen molar-refractivity contribution in [3.63, 3.8) is 0 Å². The second-order valence-electron chi connectivity index (χ2n) is 9.81. The number of hydrogen-bond acceptors (Lipinski definition) is 6. The van der Waals surface area contributed by atoms with E-state index < -0.39 is 5.82 Å². The second-order valence-corrected chi connectivity index (χ2v) is 9.81. The van der Waals surface area contributed by atoms with E-state index in [4.69, 9.17) is 10.7 Å². The molecule has 184 valence electrons. The molecule has 1 aliphatic heterocycles. The molecule has 4 aromatic rings. The SMILES string of the molecule is CNC(=O)c1ccc(F)c(-c2c(C)nc(N3CCC4(CC3)Cc3ncccc3[C@H]4N)c3ccnn23)c1. The second kappa shape index (κ2) is 8.37. The van der Waals surface area contributed by atoms with Crippen molar-refractivity contribution >= 4 is 17.2 Å². The Morgan fingerprint density at radius 1 is 1.19 bits per heavy atom. The summed E-state index contributed by atoms with van der Waals surface area (Å²) in [5.41, 5.74) is 11.7. The number of nitrogens with two attached hydrogens (primary N) is 1. The molecule has 6 rings (SSSR count). The van der Waals surface area contributed by atoms with E-state index in [0.717, 1.165) is 49.4 Å². The quantitative estimate of drug-likeness (QED) is 0.461. The average Bonchev–Trinajstić information content (AvgIpc) is 3.48. The number of aryl methyl sites for hydroxylation is 1. The lowest BCUT2D eigenvalue weighted by molar-refractivity contribution is 0.0963. The predicted molar refractivity (Wildman–Crippen MR) is 135 cm³/mol. The van der Waals surface area contributed by atoms with Gasteiger partial charge in [0.2, 0.25) is 0 Å². The zero-order valence-corrected chi connectivity index (χ0v) is 20.3. The number of rotatable bonds is 3. The van der Waals surface area contributed by atoms with E-state index in [1.807, 2.05) is 25.3 Å². The van der Waals surface area contributed by atoms with Gasteiger partial charge in [0.15, 0.2) is 5.82 Å². The monoisotopic (exact) mass is 485 g/mol. The minimum Gasteiger partial charge on any atom is -0.355 e. The van der Waals surface area contributed by atoms with Gasteiger partial charge < -0.3 is 16.0 Å². The first-order valence-electron chi connectivity index (χ1n) is 12.2. The number of amides is 1. The van der Waals surface area contributed by atoms with Gasteiger partial charge in [0, 0.05) is 49.2 Å². The lowest BCUT2D eigenvalue weighted by atomic mass is 9.73. The molecule has 1 aromatic carbocycles. The normalized spacial score (nSPS) is 18.6. The molecule has 0 saturated carbocycles. The topological polar surface area (TPSA) is 101 Å². The van der Waals surface area contributed by atoms with E-state index in [9.17, 15) is 9.18 Å². The molecule has 2 aliphatic rings. The number of piperidine rings is 1. The third-order valence-electron chi connectivity index (χ3n) is 7.91. The summed E-state index contributed by atoms with van der Waals surface area (Å²) in [5.74, 6) is 0.119. The van der Waals surface area contributed by atoms with Crippen LogP contribution in [0.2, 0.25) is 0 Å². The van der Waals surface area contributed by atoms with Crippen LogP contribution >= 0.6 is 0 Å². The van der Waals surface area contributed by atoms with Gasteiger partial charge in [-0.05, 0) is 67.5 Å². The van der Waals surface area contributed by atoms with Gasteiger partial charge in [0.25, 0.3) is 5.91 Å². The zero-order chi connectivity index (χ0) is 25.0. The molecule has 1 saturated heterocycles. The van der Waals surface area contributed by atoms with Crippen LogP contribution in [0, 0.1) is 18.2 Å². The highest BCUT2D eigenvalue weighted by Crippen LogP contribution is 2.50. The first-order valence-corrected chi connectivity index (χ1v) is 12.2. The van der Waals surface area contributed by atoms with Gasteiger partial charge in [0.05, 0.1) is 17.6 Å². The summed E-state index contributed by atoms with van der Waals surface area (Å²) in [5, 5.41) is 7.10. The Bertz CT molecular complexity index is 1490. The molecule has 1 amide bonds. The van der Waals surface area contributed by atoms with Crippen molar-refractivity contribution < 1.29 is 9.18 Å². The number of anilines is 1. The molecule has 1 atom stereocenters. The highest BCUT2D eigenvalue weighted by atomic mass is 19.1. The summed E-state index contributed by atoms with van der Waals surface area (Å²) in [6.07, 6.45) is 6.33. The van der Waals surface area contributed by atoms with E-state index in [1.54, 1.807) is 23.8 Å². The Kier molecular flexibility index (Phi) is 5.26. The highest BCUT2D eigenvalue weighted by Gasteiger charge is 2.46. The van der Waals surface area contributed by atoms with Gasteiger partial charge in [-0.25, -0.2) is 13.9 Å². The molecule has 0 bridgehead atoms. The molecular weight excluding hydrogens is 457 g/mol. The number of pyridine rings is 1. The molecule has 0 unspecified atom stereocenters. The fraction of sp³-hybridized carbons (Fsp3) is 0.333. The number of carbonyl (C=O) groups excluding carboxylic acids is 1. The minimum absolute atomic E-state index is 0.00835. The number of halogens is 1. The standard InChI is InChI=1S/C27H28FN7O/c1-16-23(19-14-17(26(36)30-2)5-6-20(19)28)35-22(7-11-32-35)25(33-16)34-12-8-27(9-13-34)15-21-18(24(27)29)4-3-10-31-21/h3-7,10-11,14,24H,8-9,12-13,15,29H2,1-2H3,(H,30,36)/t24-/m1/s1. The van der Waals surface area contributed by atoms with Crippen molar-refractivity contribution in [2.24, 2.45) is 11.1 Å². The number of nitrogens with zero attached hydrogens (tertiary/aromatic N) is 5. The first-order chi connectivity index (χ1) is 17.4. The van der Waals surface area contributed by atoms with Crippen molar-refractivity contribution in [1.82, 2.24) is 24.9 Å². The number of fused-ring (bicyclic) bond motifs is 2. The third kappa shape index (κ3) is 3.37. The minimum atomic E-state index is -0.430. The van der Waals surface area contributed by atoms with Gasteiger partial charge in [-0.3, -0.25) is 9.78 Å². The van der Waals surface area contributed by atoms with E-state index >= 15 is 0 Å². The van der Waals surface area contributed by atoms with Crippen LogP contribution in [0.3, 0.4) is 0 Å². The Labute approximate surface area is 208 Å². The number of carbonyl (C=O) groups is 1. The maximum atomic E-state index is 15.0. The van der Waals surface area contributed by atoms with Crippen LogP contribution in [-0.4, -0.2) is 45.6 Å². The number of hydrogen-bond donors (Lipinski definition) is 2. The molecule has 3 aromatic heterocycles. The van der Waals surface area contributed by atoms with E-state index in [-0.39, 0.29) is 17.4 Å². The average molecular weight is 486 g/mol. The zero-order valence-electron chi connectivity index (χ0n) is 20.3. The van der Waals surface area contributed by atoms with Crippen molar-refractivity contribution in [3.8, 4) is 11.3 Å². The highest BCUT2D eigenvalue weighted by molar-refractivity contribution is 5.95. The predicted octanol–water partition coefficient (Wildman–Crippen LogP) is 3.44. The summed E-state index contributed by atoms with van der Waals surface area (Å²) < 4.78 is 16.7. The van der Waals surface area contributed by atoms with Gasteiger partial charge in [-0.2, -0.15) is 5.10 Å². The Balaban J connectivity index is 1.34. The van der Waals surface area contributed by atoms with Crippen LogP contribution in [0.4, 0.5) is 10.2 Å². The smallest absolute Gasteiger partial charge is 0.251 e. The van der Waals surface area contributed by atoms with Crippen LogP contribution in [-0.2, 0) is 6.42 Å². The largest absolute Gasteiger partial charge is 0.355 e. The van der Waals surface area contributed by atoms with Crippen LogP contribution in [0.15, 0.2) is 48.8 Å². The fourth-order valence-corrected chi connectivity index (χ4v) is 5.91. The molecule has 4 heterocycles. The molecule has 1 spiro atoms. The molecule has 8 nitrogen and oxygen atoms in total. The summed E-state index contributed by atoms with van der Waals surface area (Å²) >= 11 is 0. The number of aromatic nitrogens is 4. The molecule has 3 N–H and O–H groups in total. The van der Waals surface area contributed by atoms with Crippen LogP contribution < -0.4 is 16.0 Å². The van der Waals surface area contributed by atoms with Crippen molar-refractivity contribution in [2.75, 3.05) is 25.0 Å². The summed E-state index contributed by atoms with van der Waals surface area (Å²) in [7, 11) is 1.55. The molecule has 1 aliphatic carbocycles. The van der Waals surface area contributed by atoms with Crippen molar-refractivity contribution in [1.29, 1.82) is 0 Å². The molecule has 36 heavy (non-hydrogen) atoms. The summed E-state index contributed by atoms with van der Waals surface area (Å²) in [6.45, 7) is 3.48. The van der Waals surface area contributed by atoms with Crippen LogP contribution in [0.1, 0.15) is 46.2 Å². The van der Waals surface area contributed by atoms with E-state index in [2.05, 4.69) is 26.4 Å². The molecule has 0 radical (unpaired) electrons. The van der Waals surface area contributed by atoms with Gasteiger partial charge >= 0.3 is 0 Å². The van der Waals surface area contributed by atoms with Gasteiger partial charge in [0.1, 0.15) is 11.3 Å². The summed E-state index contributed by atoms with van der Waals surface area (Å²) in [6, 6.07) is 10.3. The number of nitrogens with one attached hydrogen (secondary N) is 1. The van der Waals surface area contributed by atoms with Crippen LogP contribution in [0.25, 0.3) is 16.8 Å². The van der Waals surface area contributed by atoms with Crippen molar-refractivity contribution in [2.45, 2.75) is 32.2 Å². The van der Waals surface area contributed by atoms with Gasteiger partial charge in [-0.15, -0.1) is 0 Å². The molecule has 1 fully saturated rings. The lowest BCUT2D eigenvalue weighted by Crippen LogP contribution is -2.44. The Morgan fingerprint density at radius 3 is 2.75 bits per heavy atom. The van der Waals surface area contributed by atoms with Crippen LogP contribution in [0.5, 0.6) is 0 Å². The summed E-state index contributed by atoms with van der Waals surface area (Å²) in [4.78, 5) is 24.0. The fourth-order valence-electron chi connectivity index (χ4n) is 5.91. The molecule has 9 heteroatoms. The van der Waals surface area contributed by atoms with Crippen molar-refractivity contribution in [3.05, 3.63) is 77.1 Å². The van der Waals surface area contributed by atoms with Gasteiger partial charge in [-0.1, -0.05) is 6.07 Å². The third-order valence-corrected chi connectivity index (χ3v) is 7.91. The lowest BCUT2D eigenvalue weighted by Gasteiger charge is -2.42. The maximum Gasteiger partial charge on any atom is 0.251 e. The maximum absolute atomic E-state index is 15.0. The van der Waals surface area contributed by atoms with E-state index in [0.29, 0.717) is 22.5 Å². The first kappa shape index (κ1) is 22.6. The van der Waals surface area contributed by atoms with E-state index in [1.165, 1.54) is 17.7 Å². The Hall–Kier alpha value is -3.85. The Morgan fingerprint density at radius 2 is 2.00 bits per heavy atom.